The molecule has 0 amide bonds. The van der Waals surface area contributed by atoms with E-state index in [0.29, 0.717) is 17.1 Å². The van der Waals surface area contributed by atoms with Gasteiger partial charge in [-0.3, -0.25) is 0 Å². The molecule has 0 saturated heterocycles. The summed E-state index contributed by atoms with van der Waals surface area (Å²) in [5, 5.41) is 0. The van der Waals surface area contributed by atoms with Crippen LogP contribution < -0.4 is 16.7 Å². The fourth-order valence-corrected chi connectivity index (χ4v) is 4.18. The number of carbonyl (C=O) groups excluding carboxylic acids is 2. The molecule has 2 aromatic rings. The number of rotatable bonds is 5. The maximum absolute atomic E-state index is 11.7. The number of benzene rings is 2. The first-order chi connectivity index (χ1) is 12.6. The van der Waals surface area contributed by atoms with Crippen molar-refractivity contribution in [3.8, 4) is 11.5 Å². The van der Waals surface area contributed by atoms with Gasteiger partial charge in [0, 0.05) is 0 Å². The van der Waals surface area contributed by atoms with Gasteiger partial charge < -0.3 is 0 Å². The van der Waals surface area contributed by atoms with Crippen LogP contribution in [0.25, 0.3) is 0 Å². The molecule has 0 saturated carbocycles. The zero-order valence-electron chi connectivity index (χ0n) is 15.8. The average molecular weight is 482 g/mol. The standard InChI is InChI=1S/C21H22O5Te/c1-14(2)19(22)24-15-6-10-17(11-7-15)27-18-12-8-16(9-13-18)25-20(23)26-21(3,4)5/h6-13H,1H2,2-5H3. The minimum atomic E-state index is -0.716. The fraction of sp³-hybridized carbons (Fsp3) is 0.238. The summed E-state index contributed by atoms with van der Waals surface area (Å²) in [5.41, 5.74) is -0.226. The van der Waals surface area contributed by atoms with E-state index in [2.05, 4.69) is 6.58 Å². The van der Waals surface area contributed by atoms with E-state index in [4.69, 9.17) is 14.2 Å². The molecule has 27 heavy (non-hydrogen) atoms. The van der Waals surface area contributed by atoms with Crippen LogP contribution >= 0.6 is 0 Å². The molecule has 0 aliphatic rings. The van der Waals surface area contributed by atoms with Gasteiger partial charge >= 0.3 is 170 Å². The van der Waals surface area contributed by atoms with Gasteiger partial charge in [0.1, 0.15) is 0 Å². The molecular formula is C21H22O5Te. The molecule has 142 valence electrons. The van der Waals surface area contributed by atoms with Crippen LogP contribution in [0, 0.1) is 0 Å². The van der Waals surface area contributed by atoms with E-state index in [1.54, 1.807) is 52.0 Å². The molecule has 0 N–H and O–H groups in total. The van der Waals surface area contributed by atoms with Crippen molar-refractivity contribution in [2.75, 3.05) is 0 Å². The van der Waals surface area contributed by atoms with Crippen LogP contribution in [0.15, 0.2) is 60.7 Å². The first-order valence-electron chi connectivity index (χ1n) is 8.29. The second-order valence-corrected chi connectivity index (χ2v) is 10.1. The Morgan fingerprint density at radius 2 is 1.30 bits per heavy atom. The summed E-state index contributed by atoms with van der Waals surface area (Å²) in [6.07, 6.45) is -0.716. The monoisotopic (exact) mass is 484 g/mol. The third kappa shape index (κ3) is 7.46. The third-order valence-electron chi connectivity index (χ3n) is 3.03. The molecule has 0 unspecified atom stereocenters. The Labute approximate surface area is 169 Å². The third-order valence-corrected chi connectivity index (χ3v) is 5.93. The molecular weight excluding hydrogens is 460 g/mol. The number of ether oxygens (including phenoxy) is 3. The van der Waals surface area contributed by atoms with E-state index >= 15 is 0 Å². The van der Waals surface area contributed by atoms with Gasteiger partial charge in [-0.05, 0) is 0 Å². The van der Waals surface area contributed by atoms with E-state index in [-0.39, 0.29) is 0 Å². The van der Waals surface area contributed by atoms with E-state index in [1.165, 1.54) is 7.22 Å². The van der Waals surface area contributed by atoms with Crippen molar-refractivity contribution < 1.29 is 23.8 Å². The zero-order valence-corrected chi connectivity index (χ0v) is 18.1. The Kier molecular flexibility index (Phi) is 7.06. The summed E-state index contributed by atoms with van der Waals surface area (Å²) in [4.78, 5) is 23.2. The Bertz CT molecular complexity index is 817. The van der Waals surface area contributed by atoms with Crippen LogP contribution in [0.2, 0.25) is 0 Å². The van der Waals surface area contributed by atoms with Crippen LogP contribution in [0.3, 0.4) is 0 Å². The SMILES string of the molecule is C=C(C)C(=O)Oc1ccc([Te]c2ccc(OC(=O)OC(C)(C)C)cc2)cc1. The van der Waals surface area contributed by atoms with Crippen LogP contribution in [0.5, 0.6) is 11.5 Å². The normalized spacial score (nSPS) is 10.8. The maximum atomic E-state index is 11.7. The van der Waals surface area contributed by atoms with E-state index < -0.39 is 38.6 Å². The van der Waals surface area contributed by atoms with Crippen molar-refractivity contribution in [1.29, 1.82) is 0 Å². The van der Waals surface area contributed by atoms with Crippen molar-refractivity contribution in [2.24, 2.45) is 0 Å². The molecule has 0 fully saturated rings. The van der Waals surface area contributed by atoms with Crippen molar-refractivity contribution >= 4 is 40.3 Å². The van der Waals surface area contributed by atoms with Crippen LogP contribution in [-0.2, 0) is 9.53 Å². The zero-order chi connectivity index (χ0) is 20.0. The first kappa shape index (κ1) is 21.0. The molecule has 5 nitrogen and oxygen atoms in total. The molecule has 0 aliphatic heterocycles. The van der Waals surface area contributed by atoms with Gasteiger partial charge in [-0.2, -0.15) is 0 Å². The van der Waals surface area contributed by atoms with Gasteiger partial charge in [0.05, 0.1) is 0 Å². The summed E-state index contributed by atoms with van der Waals surface area (Å²) in [5.74, 6) is 0.516. The topological polar surface area (TPSA) is 61.8 Å². The molecule has 0 aromatic heterocycles. The van der Waals surface area contributed by atoms with E-state index in [9.17, 15) is 9.59 Å². The molecule has 0 spiro atoms. The second-order valence-electron chi connectivity index (χ2n) is 6.78. The molecule has 2 aromatic carbocycles. The van der Waals surface area contributed by atoms with Crippen molar-refractivity contribution in [2.45, 2.75) is 33.3 Å². The van der Waals surface area contributed by atoms with Gasteiger partial charge in [0.25, 0.3) is 0 Å². The van der Waals surface area contributed by atoms with Crippen LogP contribution in [0.1, 0.15) is 27.7 Å². The van der Waals surface area contributed by atoms with Crippen molar-refractivity contribution in [1.82, 2.24) is 0 Å². The summed E-state index contributed by atoms with van der Waals surface area (Å²) >= 11 is -0.604. The van der Waals surface area contributed by atoms with Crippen LogP contribution in [-0.4, -0.2) is 38.6 Å². The predicted molar refractivity (Wildman–Crippen MR) is 105 cm³/mol. The quantitative estimate of drug-likeness (QED) is 0.216. The number of hydrogen-bond acceptors (Lipinski definition) is 5. The first-order valence-corrected chi connectivity index (χ1v) is 10.6. The van der Waals surface area contributed by atoms with Gasteiger partial charge in [-0.1, -0.05) is 0 Å². The fourth-order valence-electron chi connectivity index (χ4n) is 1.85. The summed E-state index contributed by atoms with van der Waals surface area (Å²) < 4.78 is 17.9. The molecule has 2 rings (SSSR count). The Hall–Kier alpha value is -2.29. The van der Waals surface area contributed by atoms with Gasteiger partial charge in [-0.25, -0.2) is 0 Å². The van der Waals surface area contributed by atoms with Crippen molar-refractivity contribution in [3.63, 3.8) is 0 Å². The van der Waals surface area contributed by atoms with Gasteiger partial charge in [-0.15, -0.1) is 0 Å². The number of hydrogen-bond donors (Lipinski definition) is 0. The predicted octanol–water partition coefficient (Wildman–Crippen LogP) is 3.14. The molecule has 0 atom stereocenters. The minimum absolute atomic E-state index is 0.363. The molecule has 0 aliphatic carbocycles. The Balaban J connectivity index is 1.93. The number of esters is 1. The second kappa shape index (κ2) is 9.07. The van der Waals surface area contributed by atoms with E-state index in [0.717, 1.165) is 0 Å². The van der Waals surface area contributed by atoms with Gasteiger partial charge in [0.2, 0.25) is 0 Å². The van der Waals surface area contributed by atoms with Crippen molar-refractivity contribution in [3.05, 3.63) is 60.7 Å². The summed E-state index contributed by atoms with van der Waals surface area (Å²) in [6.45, 7) is 10.5. The summed E-state index contributed by atoms with van der Waals surface area (Å²) in [7, 11) is 0. The Morgan fingerprint density at radius 3 is 1.70 bits per heavy atom. The van der Waals surface area contributed by atoms with Gasteiger partial charge in [0.15, 0.2) is 0 Å². The number of carbonyl (C=O) groups is 2. The Morgan fingerprint density at radius 1 is 0.852 bits per heavy atom. The van der Waals surface area contributed by atoms with E-state index in [1.807, 2.05) is 24.3 Å². The average Bonchev–Trinajstić information content (AvgIpc) is 2.56. The molecule has 6 heteroatoms. The van der Waals surface area contributed by atoms with Crippen LogP contribution in [0.4, 0.5) is 4.79 Å². The molecule has 0 radical (unpaired) electrons. The molecule has 0 heterocycles. The summed E-state index contributed by atoms with van der Waals surface area (Å²) in [6, 6.07) is 14.9. The molecule has 0 bridgehead atoms.